The molecular formula is C15H20N2O2. The Kier molecular flexibility index (Phi) is 3.35. The molecule has 0 saturated carbocycles. The zero-order valence-electron chi connectivity index (χ0n) is 11.9. The van der Waals surface area contributed by atoms with Crippen LogP contribution in [0.2, 0.25) is 0 Å². The van der Waals surface area contributed by atoms with E-state index in [0.29, 0.717) is 6.42 Å². The lowest BCUT2D eigenvalue weighted by molar-refractivity contribution is -0.137. The van der Waals surface area contributed by atoms with Crippen LogP contribution >= 0.6 is 0 Å². The van der Waals surface area contributed by atoms with E-state index in [1.807, 2.05) is 38.1 Å². The van der Waals surface area contributed by atoms with E-state index >= 15 is 0 Å². The number of nitrogens with zero attached hydrogens (tertiary/aromatic N) is 1. The summed E-state index contributed by atoms with van der Waals surface area (Å²) < 4.78 is 0. The zero-order valence-corrected chi connectivity index (χ0v) is 11.9. The summed E-state index contributed by atoms with van der Waals surface area (Å²) in [7, 11) is 0. The Morgan fingerprint density at radius 2 is 2.05 bits per heavy atom. The number of piperazine rings is 1. The summed E-state index contributed by atoms with van der Waals surface area (Å²) in [6.45, 7) is 7.41. The van der Waals surface area contributed by atoms with Gasteiger partial charge in [0.05, 0.1) is 0 Å². The van der Waals surface area contributed by atoms with Gasteiger partial charge >= 0.3 is 0 Å². The fourth-order valence-corrected chi connectivity index (χ4v) is 2.35. The first-order valence-corrected chi connectivity index (χ1v) is 6.61. The van der Waals surface area contributed by atoms with Gasteiger partial charge < -0.3 is 5.32 Å². The Labute approximate surface area is 113 Å². The van der Waals surface area contributed by atoms with Crippen molar-refractivity contribution in [3.63, 3.8) is 0 Å². The second-order valence-electron chi connectivity index (χ2n) is 5.37. The SMILES string of the molecule is CCC1(C)NC(=O)C(C)N(c2cccc(C)c2)C1=O. The largest absolute Gasteiger partial charge is 0.340 e. The molecule has 2 rings (SSSR count). The maximum Gasteiger partial charge on any atom is 0.253 e. The maximum absolute atomic E-state index is 12.7. The van der Waals surface area contributed by atoms with E-state index in [1.54, 1.807) is 18.7 Å². The lowest BCUT2D eigenvalue weighted by Crippen LogP contribution is -2.68. The first-order valence-electron chi connectivity index (χ1n) is 6.61. The van der Waals surface area contributed by atoms with Gasteiger partial charge in [-0.15, -0.1) is 0 Å². The minimum Gasteiger partial charge on any atom is -0.340 e. The second-order valence-corrected chi connectivity index (χ2v) is 5.37. The molecule has 0 aromatic heterocycles. The quantitative estimate of drug-likeness (QED) is 0.884. The molecular weight excluding hydrogens is 240 g/mol. The molecule has 4 heteroatoms. The Balaban J connectivity index is 2.47. The number of rotatable bonds is 2. The van der Waals surface area contributed by atoms with Gasteiger partial charge in [-0.1, -0.05) is 19.1 Å². The molecule has 2 atom stereocenters. The third kappa shape index (κ3) is 2.23. The Morgan fingerprint density at radius 1 is 1.37 bits per heavy atom. The van der Waals surface area contributed by atoms with Crippen LogP contribution in [0.1, 0.15) is 32.8 Å². The molecule has 1 aromatic rings. The molecule has 0 aliphatic carbocycles. The molecule has 1 aromatic carbocycles. The van der Waals surface area contributed by atoms with Crippen LogP contribution in [0.4, 0.5) is 5.69 Å². The van der Waals surface area contributed by atoms with Crippen molar-refractivity contribution in [3.05, 3.63) is 29.8 Å². The van der Waals surface area contributed by atoms with Gasteiger partial charge in [-0.2, -0.15) is 0 Å². The molecule has 0 radical (unpaired) electrons. The first-order chi connectivity index (χ1) is 8.89. The van der Waals surface area contributed by atoms with Gasteiger partial charge in [0, 0.05) is 5.69 Å². The molecule has 1 heterocycles. The van der Waals surface area contributed by atoms with Crippen LogP contribution in [0.3, 0.4) is 0 Å². The van der Waals surface area contributed by atoms with E-state index in [9.17, 15) is 9.59 Å². The van der Waals surface area contributed by atoms with E-state index in [-0.39, 0.29) is 11.8 Å². The number of anilines is 1. The molecule has 0 spiro atoms. The predicted molar refractivity (Wildman–Crippen MR) is 75.0 cm³/mol. The summed E-state index contributed by atoms with van der Waals surface area (Å²) >= 11 is 0. The fraction of sp³-hybridized carbons (Fsp3) is 0.467. The number of hydrogen-bond acceptors (Lipinski definition) is 2. The van der Waals surface area contributed by atoms with Crippen molar-refractivity contribution in [2.45, 2.75) is 45.7 Å². The highest BCUT2D eigenvalue weighted by Gasteiger charge is 2.45. The second kappa shape index (κ2) is 4.68. The Bertz CT molecular complexity index is 527. The Hall–Kier alpha value is -1.84. The lowest BCUT2D eigenvalue weighted by Gasteiger charge is -2.43. The van der Waals surface area contributed by atoms with Gasteiger partial charge in [0.15, 0.2) is 0 Å². The fourth-order valence-electron chi connectivity index (χ4n) is 2.35. The van der Waals surface area contributed by atoms with E-state index in [1.165, 1.54) is 0 Å². The van der Waals surface area contributed by atoms with E-state index in [2.05, 4.69) is 5.32 Å². The van der Waals surface area contributed by atoms with Crippen molar-refractivity contribution in [1.82, 2.24) is 5.32 Å². The molecule has 102 valence electrons. The molecule has 1 aliphatic rings. The average Bonchev–Trinajstić information content (AvgIpc) is 2.37. The number of nitrogens with one attached hydrogen (secondary N) is 1. The molecule has 1 aliphatic heterocycles. The van der Waals surface area contributed by atoms with Crippen molar-refractivity contribution in [3.8, 4) is 0 Å². The monoisotopic (exact) mass is 260 g/mol. The van der Waals surface area contributed by atoms with Crippen LogP contribution in [0.25, 0.3) is 0 Å². The molecule has 4 nitrogen and oxygen atoms in total. The first kappa shape index (κ1) is 13.6. The van der Waals surface area contributed by atoms with Crippen LogP contribution in [0, 0.1) is 6.92 Å². The third-order valence-corrected chi connectivity index (χ3v) is 3.84. The van der Waals surface area contributed by atoms with E-state index in [4.69, 9.17) is 0 Å². The van der Waals surface area contributed by atoms with Gasteiger partial charge in [-0.3, -0.25) is 14.5 Å². The van der Waals surface area contributed by atoms with Crippen molar-refractivity contribution < 1.29 is 9.59 Å². The van der Waals surface area contributed by atoms with E-state index < -0.39 is 11.6 Å². The summed E-state index contributed by atoms with van der Waals surface area (Å²) in [5, 5.41) is 2.83. The van der Waals surface area contributed by atoms with Gasteiger partial charge in [0.2, 0.25) is 5.91 Å². The van der Waals surface area contributed by atoms with Gasteiger partial charge in [-0.25, -0.2) is 0 Å². The van der Waals surface area contributed by atoms with Crippen LogP contribution in [0.5, 0.6) is 0 Å². The molecule has 19 heavy (non-hydrogen) atoms. The summed E-state index contributed by atoms with van der Waals surface area (Å²) in [6.07, 6.45) is 0.576. The van der Waals surface area contributed by atoms with Gasteiger partial charge in [-0.05, 0) is 44.9 Å². The van der Waals surface area contributed by atoms with Crippen LogP contribution in [-0.4, -0.2) is 23.4 Å². The van der Waals surface area contributed by atoms with Crippen LogP contribution < -0.4 is 10.2 Å². The lowest BCUT2D eigenvalue weighted by atomic mass is 9.91. The van der Waals surface area contributed by atoms with E-state index in [0.717, 1.165) is 11.3 Å². The van der Waals surface area contributed by atoms with Gasteiger partial charge in [0.25, 0.3) is 5.91 Å². The van der Waals surface area contributed by atoms with Crippen molar-refractivity contribution in [1.29, 1.82) is 0 Å². The van der Waals surface area contributed by atoms with Crippen molar-refractivity contribution in [2.24, 2.45) is 0 Å². The highest BCUT2D eigenvalue weighted by molar-refractivity contribution is 6.10. The molecule has 1 saturated heterocycles. The minimum atomic E-state index is -0.812. The maximum atomic E-state index is 12.7. The number of benzene rings is 1. The van der Waals surface area contributed by atoms with Crippen molar-refractivity contribution >= 4 is 17.5 Å². The van der Waals surface area contributed by atoms with Crippen molar-refractivity contribution in [2.75, 3.05) is 4.90 Å². The third-order valence-electron chi connectivity index (χ3n) is 3.84. The normalized spacial score (nSPS) is 27.4. The number of amides is 2. The predicted octanol–water partition coefficient (Wildman–Crippen LogP) is 2.02. The van der Waals surface area contributed by atoms with Crippen LogP contribution in [-0.2, 0) is 9.59 Å². The summed E-state index contributed by atoms with van der Waals surface area (Å²) in [5.41, 5.74) is 1.04. The smallest absolute Gasteiger partial charge is 0.253 e. The number of carbonyl (C=O) groups excluding carboxylic acids is 2. The molecule has 0 bridgehead atoms. The van der Waals surface area contributed by atoms with Gasteiger partial charge in [0.1, 0.15) is 11.6 Å². The molecule has 1 fully saturated rings. The summed E-state index contributed by atoms with van der Waals surface area (Å²) in [6, 6.07) is 7.20. The zero-order chi connectivity index (χ0) is 14.2. The number of hydrogen-bond donors (Lipinski definition) is 1. The number of aryl methyl sites for hydroxylation is 1. The minimum absolute atomic E-state index is 0.0484. The highest BCUT2D eigenvalue weighted by atomic mass is 16.2. The summed E-state index contributed by atoms with van der Waals surface area (Å²) in [4.78, 5) is 26.3. The Morgan fingerprint density at radius 3 is 2.63 bits per heavy atom. The molecule has 2 amide bonds. The number of carbonyl (C=O) groups is 2. The topological polar surface area (TPSA) is 49.4 Å². The standard InChI is InChI=1S/C15H20N2O2/c1-5-15(4)14(19)17(11(3)13(18)16-15)12-8-6-7-10(2)9-12/h6-9,11H,5H2,1-4H3,(H,16,18). The average molecular weight is 260 g/mol. The van der Waals surface area contributed by atoms with Crippen LogP contribution in [0.15, 0.2) is 24.3 Å². The molecule has 1 N–H and O–H groups in total. The summed E-state index contributed by atoms with van der Waals surface area (Å²) in [5.74, 6) is -0.154. The molecule has 2 unspecified atom stereocenters. The highest BCUT2D eigenvalue weighted by Crippen LogP contribution is 2.27.